The fourth-order valence-electron chi connectivity index (χ4n) is 4.61. The van der Waals surface area contributed by atoms with Crippen molar-refractivity contribution in [3.8, 4) is 28.7 Å². The van der Waals surface area contributed by atoms with Crippen molar-refractivity contribution >= 4 is 22.2 Å². The first-order valence-corrected chi connectivity index (χ1v) is 17.7. The summed E-state index contributed by atoms with van der Waals surface area (Å²) in [7, 11) is 6.49. The SMILES string of the molecule is COc1cc(Br)ccc1C.COc1cc(C(O)c2ccc(OCc3ccccc3)c(OC)c2)ccc1C.COc1cc(C=O)ccc1C.[CH2-]CCC.[Li+]. The largest absolute Gasteiger partial charge is 1.00 e. The zero-order chi connectivity index (χ0) is 38.5. The van der Waals surface area contributed by atoms with E-state index in [1.165, 1.54) is 6.42 Å². The summed E-state index contributed by atoms with van der Waals surface area (Å²) in [6.45, 7) is 12.1. The Morgan fingerprint density at radius 2 is 1.13 bits per heavy atom. The number of unbranched alkanes of at least 4 members (excludes halogenated alkanes) is 1. The summed E-state index contributed by atoms with van der Waals surface area (Å²) < 4.78 is 27.9. The Morgan fingerprint density at radius 3 is 1.64 bits per heavy atom. The Labute approximate surface area is 336 Å². The van der Waals surface area contributed by atoms with Crippen molar-refractivity contribution in [2.45, 2.75) is 53.2 Å². The molecular weight excluding hydrogens is 727 g/mol. The van der Waals surface area contributed by atoms with Gasteiger partial charge >= 0.3 is 18.9 Å². The molecule has 278 valence electrons. The minimum Gasteiger partial charge on any atom is -0.496 e. The molecule has 0 spiro atoms. The number of carbonyl (C=O) groups is 1. The van der Waals surface area contributed by atoms with Crippen LogP contribution in [-0.2, 0) is 6.61 Å². The Morgan fingerprint density at radius 1 is 0.660 bits per heavy atom. The maximum Gasteiger partial charge on any atom is 1.00 e. The van der Waals surface area contributed by atoms with E-state index in [9.17, 15) is 9.90 Å². The van der Waals surface area contributed by atoms with Gasteiger partial charge in [0.05, 0.1) is 28.4 Å². The van der Waals surface area contributed by atoms with E-state index in [1.807, 2.05) is 106 Å². The van der Waals surface area contributed by atoms with Gasteiger partial charge in [-0.25, -0.2) is 0 Å². The van der Waals surface area contributed by atoms with E-state index in [0.29, 0.717) is 23.7 Å². The molecule has 0 aliphatic carbocycles. The standard InChI is InChI=1S/C23H24O4.C9H10O2.C8H9BrO.C4H9.Li/c1-16-9-10-18(13-21(16)25-2)23(24)19-11-12-20(22(14-19)26-3)27-15-17-7-5-4-6-8-17;1-7-3-4-8(6-10)5-9(7)11-2;1-6-3-4-7(9)5-8(6)10-2;1-3-4-2;/h4-14,23-24H,15H2,1-3H3;3-6H,1-2H3;3-5H,1-2H3;1,3-4H2,2H3;/q;;;-1;+1. The average Bonchev–Trinajstić information content (AvgIpc) is 3.19. The number of halogens is 1. The monoisotopic (exact) mass is 778 g/mol. The zero-order valence-electron chi connectivity index (χ0n) is 32.6. The van der Waals surface area contributed by atoms with Crippen LogP contribution >= 0.6 is 15.9 Å². The molecule has 9 heteroatoms. The molecule has 0 saturated heterocycles. The van der Waals surface area contributed by atoms with E-state index < -0.39 is 6.10 Å². The van der Waals surface area contributed by atoms with Crippen LogP contribution in [0.1, 0.15) is 69.6 Å². The molecule has 0 aromatic heterocycles. The predicted molar refractivity (Wildman–Crippen MR) is 214 cm³/mol. The van der Waals surface area contributed by atoms with E-state index in [0.717, 1.165) is 67.8 Å². The summed E-state index contributed by atoms with van der Waals surface area (Å²) in [6, 6.07) is 32.4. The number of carbonyl (C=O) groups excluding carboxylic acids is 1. The predicted octanol–water partition coefficient (Wildman–Crippen LogP) is 7.88. The van der Waals surface area contributed by atoms with Crippen LogP contribution < -0.4 is 42.5 Å². The number of aryl methyl sites for hydroxylation is 3. The van der Waals surface area contributed by atoms with E-state index in [-0.39, 0.29) is 18.9 Å². The molecule has 0 fully saturated rings. The Balaban J connectivity index is 0.000000443. The normalized spacial score (nSPS) is 10.2. The molecule has 5 aromatic rings. The summed E-state index contributed by atoms with van der Waals surface area (Å²) >= 11 is 3.36. The Hall–Kier alpha value is -4.19. The number of methoxy groups -OCH3 is 4. The van der Waals surface area contributed by atoms with Crippen molar-refractivity contribution in [3.05, 3.63) is 153 Å². The average molecular weight is 780 g/mol. The van der Waals surface area contributed by atoms with E-state index >= 15 is 0 Å². The minimum absolute atomic E-state index is 0. The molecule has 5 aromatic carbocycles. The van der Waals surface area contributed by atoms with Gasteiger partial charge in [0, 0.05) is 10.0 Å². The molecule has 0 radical (unpaired) electrons. The zero-order valence-corrected chi connectivity index (χ0v) is 34.2. The van der Waals surface area contributed by atoms with Crippen LogP contribution in [0, 0.1) is 27.7 Å². The molecule has 1 N–H and O–H groups in total. The van der Waals surface area contributed by atoms with Gasteiger partial charge in [-0.1, -0.05) is 96.0 Å². The minimum atomic E-state index is -0.781. The van der Waals surface area contributed by atoms with Gasteiger partial charge in [0.15, 0.2) is 11.5 Å². The smallest absolute Gasteiger partial charge is 0.496 e. The van der Waals surface area contributed by atoms with Crippen LogP contribution in [-0.4, -0.2) is 39.8 Å². The number of aliphatic hydroxyl groups is 1. The van der Waals surface area contributed by atoms with Crippen LogP contribution in [0.15, 0.2) is 108 Å². The summed E-state index contributed by atoms with van der Waals surface area (Å²) in [5.74, 6) is 3.66. The van der Waals surface area contributed by atoms with Crippen molar-refractivity contribution in [1.82, 2.24) is 0 Å². The van der Waals surface area contributed by atoms with E-state index in [4.69, 9.17) is 23.7 Å². The van der Waals surface area contributed by atoms with Crippen LogP contribution in [0.4, 0.5) is 0 Å². The first-order chi connectivity index (χ1) is 25.0. The maximum atomic E-state index is 10.8. The maximum absolute atomic E-state index is 10.8. The summed E-state index contributed by atoms with van der Waals surface area (Å²) in [5.41, 5.74) is 6.43. The van der Waals surface area contributed by atoms with Crippen LogP contribution in [0.3, 0.4) is 0 Å². The molecular formula is C44H52BrLiO7. The molecule has 0 saturated carbocycles. The van der Waals surface area contributed by atoms with Gasteiger partial charge < -0.3 is 35.7 Å². The topological polar surface area (TPSA) is 83.5 Å². The molecule has 0 aliphatic rings. The van der Waals surface area contributed by atoms with E-state index in [2.05, 4.69) is 29.8 Å². The first kappa shape index (κ1) is 46.8. The molecule has 5 rings (SSSR count). The molecule has 0 amide bonds. The van der Waals surface area contributed by atoms with Gasteiger partial charge in [0.1, 0.15) is 36.2 Å². The molecule has 1 unspecified atom stereocenters. The third-order valence-corrected chi connectivity index (χ3v) is 8.27. The second kappa shape index (κ2) is 25.7. The number of hydrogen-bond acceptors (Lipinski definition) is 7. The fraction of sp³-hybridized carbons (Fsp3) is 0.273. The van der Waals surface area contributed by atoms with E-state index in [1.54, 1.807) is 46.6 Å². The van der Waals surface area contributed by atoms with Gasteiger partial charge in [-0.3, -0.25) is 4.79 Å². The quantitative estimate of drug-likeness (QED) is 0.0831. The Kier molecular flexibility index (Phi) is 22.7. The number of hydrogen-bond donors (Lipinski definition) is 1. The number of rotatable bonds is 11. The van der Waals surface area contributed by atoms with Gasteiger partial charge in [-0.05, 0) is 90.6 Å². The van der Waals surface area contributed by atoms with Gasteiger partial charge in [-0.15, -0.1) is 0 Å². The molecule has 0 bridgehead atoms. The van der Waals surface area contributed by atoms with Crippen LogP contribution in [0.5, 0.6) is 28.7 Å². The van der Waals surface area contributed by atoms with Crippen molar-refractivity contribution < 1.29 is 52.4 Å². The third kappa shape index (κ3) is 15.7. The number of benzene rings is 5. The number of aldehydes is 1. The molecule has 53 heavy (non-hydrogen) atoms. The van der Waals surface area contributed by atoms with Gasteiger partial charge in [-0.2, -0.15) is 6.42 Å². The summed E-state index contributed by atoms with van der Waals surface area (Å²) in [6.07, 6.45) is 2.30. The number of ether oxygens (including phenoxy) is 5. The summed E-state index contributed by atoms with van der Waals surface area (Å²) in [5, 5.41) is 10.8. The molecule has 0 heterocycles. The number of aliphatic hydroxyl groups excluding tert-OH is 1. The third-order valence-electron chi connectivity index (χ3n) is 7.78. The molecule has 7 nitrogen and oxygen atoms in total. The van der Waals surface area contributed by atoms with Crippen LogP contribution in [0.25, 0.3) is 0 Å². The van der Waals surface area contributed by atoms with Crippen molar-refractivity contribution in [3.63, 3.8) is 0 Å². The Bertz CT molecular complexity index is 1800. The summed E-state index contributed by atoms with van der Waals surface area (Å²) in [4.78, 5) is 10.3. The first-order valence-electron chi connectivity index (χ1n) is 16.9. The second-order valence-corrected chi connectivity index (χ2v) is 12.5. The van der Waals surface area contributed by atoms with Crippen molar-refractivity contribution in [2.75, 3.05) is 28.4 Å². The van der Waals surface area contributed by atoms with Gasteiger partial charge in [0.25, 0.3) is 0 Å². The van der Waals surface area contributed by atoms with Crippen molar-refractivity contribution in [1.29, 1.82) is 0 Å². The molecule has 1 atom stereocenters. The molecule has 0 aliphatic heterocycles. The second-order valence-electron chi connectivity index (χ2n) is 11.6. The van der Waals surface area contributed by atoms with Crippen molar-refractivity contribution in [2.24, 2.45) is 0 Å². The van der Waals surface area contributed by atoms with Gasteiger partial charge in [0.2, 0.25) is 0 Å². The fourth-order valence-corrected chi connectivity index (χ4v) is 4.95. The van der Waals surface area contributed by atoms with Crippen LogP contribution in [0.2, 0.25) is 0 Å².